The van der Waals surface area contributed by atoms with Crippen molar-refractivity contribution in [2.75, 3.05) is 5.32 Å². The second-order valence-electron chi connectivity index (χ2n) is 5.74. The number of anilines is 1. The molecule has 3 aromatic carbocycles. The Balaban J connectivity index is 1.66. The fourth-order valence-electron chi connectivity index (χ4n) is 2.63. The standard InChI is InChI=1S/C20H11Cl2FN2O2/c21-14-6-3-5-13(18(14)22)20-25-16-10-11(8-9-17(16)27-20)24-19(26)12-4-1-2-7-15(12)23/h1-10H,(H,24,26). The molecule has 0 spiro atoms. The lowest BCUT2D eigenvalue weighted by Crippen LogP contribution is -2.13. The summed E-state index contributed by atoms with van der Waals surface area (Å²) in [4.78, 5) is 16.7. The molecule has 1 heterocycles. The molecule has 4 aromatic rings. The average molecular weight is 401 g/mol. The molecule has 0 aliphatic carbocycles. The monoisotopic (exact) mass is 400 g/mol. The number of nitrogens with zero attached hydrogens (tertiary/aromatic N) is 1. The van der Waals surface area contributed by atoms with Gasteiger partial charge < -0.3 is 9.73 Å². The van der Waals surface area contributed by atoms with Crippen LogP contribution >= 0.6 is 23.2 Å². The summed E-state index contributed by atoms with van der Waals surface area (Å²) in [6.07, 6.45) is 0. The van der Waals surface area contributed by atoms with E-state index in [1.165, 1.54) is 18.2 Å². The van der Waals surface area contributed by atoms with Crippen LogP contribution in [0.3, 0.4) is 0 Å². The lowest BCUT2D eigenvalue weighted by atomic mass is 10.2. The molecule has 1 aromatic heterocycles. The Labute approximate surface area is 163 Å². The summed E-state index contributed by atoms with van der Waals surface area (Å²) in [5, 5.41) is 3.40. The molecule has 134 valence electrons. The van der Waals surface area contributed by atoms with Gasteiger partial charge in [-0.05, 0) is 42.5 Å². The second kappa shape index (κ2) is 7.02. The number of carbonyl (C=O) groups excluding carboxylic acids is 1. The van der Waals surface area contributed by atoms with E-state index in [0.29, 0.717) is 38.3 Å². The van der Waals surface area contributed by atoms with Gasteiger partial charge in [-0.2, -0.15) is 0 Å². The molecule has 4 nitrogen and oxygen atoms in total. The number of hydrogen-bond acceptors (Lipinski definition) is 3. The van der Waals surface area contributed by atoms with E-state index in [0.717, 1.165) is 0 Å². The Bertz CT molecular complexity index is 1170. The minimum atomic E-state index is -0.588. The molecule has 0 saturated heterocycles. The number of benzene rings is 3. The predicted octanol–water partition coefficient (Wildman–Crippen LogP) is 6.19. The molecule has 0 unspecified atom stereocenters. The van der Waals surface area contributed by atoms with Crippen molar-refractivity contribution in [1.82, 2.24) is 4.98 Å². The van der Waals surface area contributed by atoms with E-state index < -0.39 is 11.7 Å². The van der Waals surface area contributed by atoms with Crippen LogP contribution in [-0.2, 0) is 0 Å². The van der Waals surface area contributed by atoms with Gasteiger partial charge in [0.25, 0.3) is 5.91 Å². The van der Waals surface area contributed by atoms with Gasteiger partial charge in [0.2, 0.25) is 5.89 Å². The van der Waals surface area contributed by atoms with Crippen molar-refractivity contribution in [3.63, 3.8) is 0 Å². The van der Waals surface area contributed by atoms with Crippen LogP contribution in [0.25, 0.3) is 22.6 Å². The third kappa shape index (κ3) is 3.39. The molecule has 0 radical (unpaired) electrons. The van der Waals surface area contributed by atoms with Crippen LogP contribution in [0.5, 0.6) is 0 Å². The van der Waals surface area contributed by atoms with Gasteiger partial charge in [0.1, 0.15) is 11.3 Å². The Morgan fingerprint density at radius 2 is 1.85 bits per heavy atom. The number of nitrogens with one attached hydrogen (secondary N) is 1. The molecule has 4 rings (SSSR count). The molecule has 0 aliphatic rings. The van der Waals surface area contributed by atoms with Gasteiger partial charge in [0.15, 0.2) is 5.58 Å². The first kappa shape index (κ1) is 17.5. The van der Waals surface area contributed by atoms with Crippen molar-refractivity contribution < 1.29 is 13.6 Å². The number of halogens is 3. The first-order valence-electron chi connectivity index (χ1n) is 7.94. The molecule has 0 atom stereocenters. The number of rotatable bonds is 3. The van der Waals surface area contributed by atoms with Crippen LogP contribution in [0.4, 0.5) is 10.1 Å². The van der Waals surface area contributed by atoms with Crippen molar-refractivity contribution >= 4 is 45.9 Å². The lowest BCUT2D eigenvalue weighted by Gasteiger charge is -2.05. The van der Waals surface area contributed by atoms with Crippen LogP contribution in [0.1, 0.15) is 10.4 Å². The number of hydrogen-bond donors (Lipinski definition) is 1. The Kier molecular flexibility index (Phi) is 4.56. The minimum Gasteiger partial charge on any atom is -0.436 e. The van der Waals surface area contributed by atoms with Gasteiger partial charge in [-0.25, -0.2) is 9.37 Å². The summed E-state index contributed by atoms with van der Waals surface area (Å²) < 4.78 is 19.5. The zero-order valence-electron chi connectivity index (χ0n) is 13.7. The summed E-state index contributed by atoms with van der Waals surface area (Å²) in [6.45, 7) is 0. The Morgan fingerprint density at radius 1 is 1.04 bits per heavy atom. The molecule has 1 N–H and O–H groups in total. The van der Waals surface area contributed by atoms with Crippen LogP contribution in [0.15, 0.2) is 65.1 Å². The molecule has 7 heteroatoms. The summed E-state index contributed by atoms with van der Waals surface area (Å²) >= 11 is 12.3. The maximum atomic E-state index is 13.7. The molecule has 27 heavy (non-hydrogen) atoms. The maximum absolute atomic E-state index is 13.7. The quantitative estimate of drug-likeness (QED) is 0.445. The molecule has 0 aliphatic heterocycles. The van der Waals surface area contributed by atoms with Gasteiger partial charge in [0.05, 0.1) is 21.2 Å². The topological polar surface area (TPSA) is 55.1 Å². The summed E-state index contributed by atoms with van der Waals surface area (Å²) in [5.74, 6) is -0.820. The Morgan fingerprint density at radius 3 is 2.67 bits per heavy atom. The average Bonchev–Trinajstić information content (AvgIpc) is 3.07. The van der Waals surface area contributed by atoms with Gasteiger partial charge in [-0.3, -0.25) is 4.79 Å². The molecular weight excluding hydrogens is 390 g/mol. The van der Waals surface area contributed by atoms with E-state index in [4.69, 9.17) is 27.6 Å². The fourth-order valence-corrected chi connectivity index (χ4v) is 3.01. The lowest BCUT2D eigenvalue weighted by molar-refractivity contribution is 0.102. The SMILES string of the molecule is O=C(Nc1ccc2oc(-c3cccc(Cl)c3Cl)nc2c1)c1ccccc1F. The van der Waals surface area contributed by atoms with Crippen LogP contribution < -0.4 is 5.32 Å². The molecular formula is C20H11Cl2FN2O2. The van der Waals surface area contributed by atoms with Gasteiger partial charge in [0, 0.05) is 5.69 Å². The van der Waals surface area contributed by atoms with E-state index in [-0.39, 0.29) is 5.56 Å². The van der Waals surface area contributed by atoms with E-state index in [9.17, 15) is 9.18 Å². The van der Waals surface area contributed by atoms with Crippen LogP contribution in [0, 0.1) is 5.82 Å². The van der Waals surface area contributed by atoms with E-state index in [1.807, 2.05) is 0 Å². The molecule has 0 fully saturated rings. The highest BCUT2D eigenvalue weighted by atomic mass is 35.5. The highest BCUT2D eigenvalue weighted by molar-refractivity contribution is 6.43. The van der Waals surface area contributed by atoms with Crippen molar-refractivity contribution in [2.45, 2.75) is 0 Å². The zero-order valence-corrected chi connectivity index (χ0v) is 15.2. The highest BCUT2D eigenvalue weighted by Crippen LogP contribution is 2.34. The normalized spacial score (nSPS) is 10.9. The number of fused-ring (bicyclic) bond motifs is 1. The highest BCUT2D eigenvalue weighted by Gasteiger charge is 2.15. The second-order valence-corrected chi connectivity index (χ2v) is 6.52. The van der Waals surface area contributed by atoms with Crippen molar-refractivity contribution in [3.8, 4) is 11.5 Å². The summed E-state index contributed by atoms with van der Waals surface area (Å²) in [5.41, 5.74) is 2.03. The van der Waals surface area contributed by atoms with Crippen molar-refractivity contribution in [3.05, 3.63) is 82.1 Å². The fraction of sp³-hybridized carbons (Fsp3) is 0. The molecule has 1 amide bonds. The van der Waals surface area contributed by atoms with Crippen LogP contribution in [0.2, 0.25) is 10.0 Å². The number of amides is 1. The molecule has 0 bridgehead atoms. The largest absolute Gasteiger partial charge is 0.436 e. The summed E-state index contributed by atoms with van der Waals surface area (Å²) in [6, 6.07) is 15.9. The van der Waals surface area contributed by atoms with Crippen LogP contribution in [-0.4, -0.2) is 10.9 Å². The third-order valence-corrected chi connectivity index (χ3v) is 4.76. The van der Waals surface area contributed by atoms with Gasteiger partial charge >= 0.3 is 0 Å². The first-order chi connectivity index (χ1) is 13.0. The van der Waals surface area contributed by atoms with Crippen molar-refractivity contribution in [2.24, 2.45) is 0 Å². The smallest absolute Gasteiger partial charge is 0.258 e. The Hall–Kier alpha value is -2.89. The zero-order chi connectivity index (χ0) is 19.0. The predicted molar refractivity (Wildman–Crippen MR) is 104 cm³/mol. The summed E-state index contributed by atoms with van der Waals surface area (Å²) in [7, 11) is 0. The third-order valence-electron chi connectivity index (χ3n) is 3.95. The van der Waals surface area contributed by atoms with Crippen molar-refractivity contribution in [1.29, 1.82) is 0 Å². The van der Waals surface area contributed by atoms with E-state index >= 15 is 0 Å². The number of aromatic nitrogens is 1. The van der Waals surface area contributed by atoms with E-state index in [2.05, 4.69) is 10.3 Å². The van der Waals surface area contributed by atoms with Gasteiger partial charge in [-0.1, -0.05) is 41.4 Å². The number of carbonyl (C=O) groups is 1. The van der Waals surface area contributed by atoms with Gasteiger partial charge in [-0.15, -0.1) is 0 Å². The molecule has 0 saturated carbocycles. The maximum Gasteiger partial charge on any atom is 0.258 e. The first-order valence-corrected chi connectivity index (χ1v) is 8.69. The van der Waals surface area contributed by atoms with E-state index in [1.54, 1.807) is 42.5 Å². The minimum absolute atomic E-state index is 0.0378. The number of oxazole rings is 1.